The lowest BCUT2D eigenvalue weighted by Crippen LogP contribution is -2.48. The van der Waals surface area contributed by atoms with Gasteiger partial charge >= 0.3 is 12.1 Å². The van der Waals surface area contributed by atoms with Crippen LogP contribution < -0.4 is 10.2 Å². The summed E-state index contributed by atoms with van der Waals surface area (Å²) in [4.78, 5) is 24.4. The zero-order valence-corrected chi connectivity index (χ0v) is 17.7. The third-order valence-corrected chi connectivity index (χ3v) is 5.41. The van der Waals surface area contributed by atoms with E-state index in [2.05, 4.69) is 32.1 Å². The molecule has 2 N–H and O–H groups in total. The molecule has 0 aromatic carbocycles. The van der Waals surface area contributed by atoms with E-state index in [4.69, 9.17) is 14.6 Å². The fourth-order valence-corrected chi connectivity index (χ4v) is 3.87. The molecule has 2 saturated heterocycles. The predicted molar refractivity (Wildman–Crippen MR) is 111 cm³/mol. The Morgan fingerprint density at radius 3 is 2.66 bits per heavy atom. The van der Waals surface area contributed by atoms with E-state index in [0.29, 0.717) is 6.04 Å². The Morgan fingerprint density at radius 2 is 2.06 bits per heavy atom. The number of alkyl halides is 3. The minimum absolute atomic E-state index is 0.0923. The van der Waals surface area contributed by atoms with Crippen LogP contribution in [0.15, 0.2) is 36.9 Å². The number of nitrogens with one attached hydrogen (secondary N) is 1. The minimum atomic E-state index is -5.08. The molecule has 2 aromatic heterocycles. The van der Waals surface area contributed by atoms with Gasteiger partial charge in [0.05, 0.1) is 23.9 Å². The summed E-state index contributed by atoms with van der Waals surface area (Å²) >= 11 is 0. The number of hydrogen-bond donors (Lipinski definition) is 2. The van der Waals surface area contributed by atoms with Crippen LogP contribution >= 0.6 is 0 Å². The van der Waals surface area contributed by atoms with Crippen LogP contribution in [-0.2, 0) is 16.0 Å². The number of ether oxygens (including phenoxy) is 1. The fraction of sp³-hybridized carbons (Fsp3) is 0.524. The Hall–Kier alpha value is -2.95. The van der Waals surface area contributed by atoms with E-state index >= 15 is 0 Å². The number of aryl methyl sites for hydroxylation is 1. The molecule has 2 atom stereocenters. The molecule has 174 valence electrons. The van der Waals surface area contributed by atoms with E-state index in [0.717, 1.165) is 57.0 Å². The van der Waals surface area contributed by atoms with Crippen molar-refractivity contribution in [2.24, 2.45) is 0 Å². The Labute approximate surface area is 183 Å². The topological polar surface area (TPSA) is 100 Å². The van der Waals surface area contributed by atoms with Gasteiger partial charge in [0.2, 0.25) is 5.95 Å². The second-order valence-electron chi connectivity index (χ2n) is 7.85. The maximum atomic E-state index is 10.6. The van der Waals surface area contributed by atoms with E-state index in [-0.39, 0.29) is 5.60 Å². The van der Waals surface area contributed by atoms with Crippen molar-refractivity contribution in [1.29, 1.82) is 0 Å². The van der Waals surface area contributed by atoms with Crippen LogP contribution in [0, 0.1) is 0 Å². The molecule has 32 heavy (non-hydrogen) atoms. The smallest absolute Gasteiger partial charge is 0.475 e. The van der Waals surface area contributed by atoms with Gasteiger partial charge in [0.15, 0.2) is 0 Å². The van der Waals surface area contributed by atoms with Gasteiger partial charge in [-0.1, -0.05) is 6.92 Å². The zero-order valence-electron chi connectivity index (χ0n) is 17.7. The number of piperidine rings is 1. The highest BCUT2D eigenvalue weighted by atomic mass is 19.4. The van der Waals surface area contributed by atoms with Gasteiger partial charge in [-0.15, -0.1) is 0 Å². The molecule has 0 radical (unpaired) electrons. The number of nitrogens with zero attached hydrogens (tertiary/aromatic N) is 4. The molecule has 0 amide bonds. The summed E-state index contributed by atoms with van der Waals surface area (Å²) in [5.74, 6) is -1.93. The fourth-order valence-electron chi connectivity index (χ4n) is 3.87. The van der Waals surface area contributed by atoms with Crippen LogP contribution in [0.5, 0.6) is 0 Å². The van der Waals surface area contributed by atoms with Gasteiger partial charge in [0.25, 0.3) is 0 Å². The number of aliphatic carboxylic acids is 1. The first kappa shape index (κ1) is 23.7. The predicted octanol–water partition coefficient (Wildman–Crippen LogP) is 3.31. The second-order valence-corrected chi connectivity index (χ2v) is 7.85. The molecule has 2 fully saturated rings. The molecule has 1 spiro atoms. The number of carboxylic acid groups (broad SMARTS) is 1. The molecule has 0 bridgehead atoms. The van der Waals surface area contributed by atoms with Crippen molar-refractivity contribution in [2.75, 3.05) is 29.9 Å². The van der Waals surface area contributed by atoms with Crippen molar-refractivity contribution in [1.82, 2.24) is 15.0 Å². The average molecular weight is 453 g/mol. The number of carboxylic acids is 1. The molecule has 0 saturated carbocycles. The summed E-state index contributed by atoms with van der Waals surface area (Å²) < 4.78 is 38.0. The van der Waals surface area contributed by atoms with Gasteiger partial charge in [-0.25, -0.2) is 14.8 Å². The van der Waals surface area contributed by atoms with E-state index in [9.17, 15) is 13.2 Å². The van der Waals surface area contributed by atoms with E-state index < -0.39 is 12.1 Å². The van der Waals surface area contributed by atoms with Gasteiger partial charge < -0.3 is 20.1 Å². The monoisotopic (exact) mass is 453 g/mol. The first-order chi connectivity index (χ1) is 15.2. The number of pyridine rings is 1. The normalized spacial score (nSPS) is 22.9. The molecule has 4 heterocycles. The number of aromatic nitrogens is 3. The summed E-state index contributed by atoms with van der Waals surface area (Å²) in [5, 5.41) is 10.7. The maximum absolute atomic E-state index is 10.6. The van der Waals surface area contributed by atoms with Crippen molar-refractivity contribution >= 4 is 17.6 Å². The summed E-state index contributed by atoms with van der Waals surface area (Å²) in [6.07, 6.45) is 6.63. The van der Waals surface area contributed by atoms with Crippen LogP contribution in [0.25, 0.3) is 0 Å². The van der Waals surface area contributed by atoms with Crippen molar-refractivity contribution in [3.63, 3.8) is 0 Å². The van der Waals surface area contributed by atoms with E-state index in [1.165, 1.54) is 5.56 Å². The highest BCUT2D eigenvalue weighted by Gasteiger charge is 2.44. The lowest BCUT2D eigenvalue weighted by atomic mass is 9.89. The molecule has 11 heteroatoms. The van der Waals surface area contributed by atoms with Crippen molar-refractivity contribution < 1.29 is 27.8 Å². The number of anilines is 2. The van der Waals surface area contributed by atoms with Crippen LogP contribution in [0.3, 0.4) is 0 Å². The molecule has 4 rings (SSSR count). The standard InChI is InChI=1S/C19H25N5O.C2HF3O2/c1-2-15-10-21-18(22-11-15)24-8-4-6-19(14-24)9-17(13-25-19)23-16-5-3-7-20-12-16;3-2(4,5)1(6)7/h3,5,7,10-12,17,23H,2,4,6,8-9,13-14H2,1H3;(H,6,7). The molecular formula is C21H26F3N5O3. The van der Waals surface area contributed by atoms with Crippen molar-refractivity contribution in [3.05, 3.63) is 42.5 Å². The third-order valence-electron chi connectivity index (χ3n) is 5.41. The first-order valence-electron chi connectivity index (χ1n) is 10.4. The molecule has 2 unspecified atom stereocenters. The highest BCUT2D eigenvalue weighted by molar-refractivity contribution is 5.73. The number of halogens is 3. The molecule has 0 aliphatic carbocycles. The summed E-state index contributed by atoms with van der Waals surface area (Å²) in [5.41, 5.74) is 2.14. The number of rotatable bonds is 4. The number of hydrogen-bond acceptors (Lipinski definition) is 7. The van der Waals surface area contributed by atoms with Gasteiger partial charge in [-0.3, -0.25) is 4.98 Å². The SMILES string of the molecule is CCc1cnc(N2CCCC3(CC(Nc4cccnc4)CO3)C2)nc1.O=C(O)C(F)(F)F. The van der Waals surface area contributed by atoms with Crippen molar-refractivity contribution in [2.45, 2.75) is 50.4 Å². The average Bonchev–Trinajstić information content (AvgIpc) is 3.15. The molecule has 2 aliphatic heterocycles. The highest BCUT2D eigenvalue weighted by Crippen LogP contribution is 2.36. The minimum Gasteiger partial charge on any atom is -0.475 e. The Morgan fingerprint density at radius 1 is 1.34 bits per heavy atom. The molecule has 2 aliphatic rings. The van der Waals surface area contributed by atoms with E-state index in [1.54, 1.807) is 6.20 Å². The largest absolute Gasteiger partial charge is 0.490 e. The van der Waals surface area contributed by atoms with Gasteiger partial charge in [0, 0.05) is 44.3 Å². The zero-order chi connectivity index (χ0) is 23.2. The summed E-state index contributed by atoms with van der Waals surface area (Å²) in [6.45, 7) is 4.72. The Kier molecular flexibility index (Phi) is 7.49. The lowest BCUT2D eigenvalue weighted by molar-refractivity contribution is -0.192. The summed E-state index contributed by atoms with van der Waals surface area (Å²) in [7, 11) is 0. The lowest BCUT2D eigenvalue weighted by Gasteiger charge is -2.39. The van der Waals surface area contributed by atoms with Crippen LogP contribution in [0.2, 0.25) is 0 Å². The quantitative estimate of drug-likeness (QED) is 0.727. The number of carbonyl (C=O) groups is 1. The van der Waals surface area contributed by atoms with Crippen LogP contribution in [-0.4, -0.2) is 63.5 Å². The van der Waals surface area contributed by atoms with Gasteiger partial charge in [-0.2, -0.15) is 13.2 Å². The first-order valence-corrected chi connectivity index (χ1v) is 10.4. The Balaban J connectivity index is 0.000000360. The van der Waals surface area contributed by atoms with Gasteiger partial charge in [-0.05, 0) is 37.0 Å². The van der Waals surface area contributed by atoms with Crippen molar-refractivity contribution in [3.8, 4) is 0 Å². The van der Waals surface area contributed by atoms with Crippen LogP contribution in [0.1, 0.15) is 31.7 Å². The van der Waals surface area contributed by atoms with Gasteiger partial charge in [0.1, 0.15) is 0 Å². The second kappa shape index (κ2) is 10.1. The summed E-state index contributed by atoms with van der Waals surface area (Å²) in [6, 6.07) is 4.33. The van der Waals surface area contributed by atoms with E-state index in [1.807, 2.05) is 30.7 Å². The third kappa shape index (κ3) is 6.28. The van der Waals surface area contributed by atoms with Crippen LogP contribution in [0.4, 0.5) is 24.8 Å². The molecule has 8 nitrogen and oxygen atoms in total. The molecular weight excluding hydrogens is 427 g/mol. The molecule has 2 aromatic rings. The maximum Gasteiger partial charge on any atom is 0.490 e. The Bertz CT molecular complexity index is 882.